The van der Waals surface area contributed by atoms with E-state index in [-0.39, 0.29) is 13.2 Å². The molecule has 142 valence electrons. The molecule has 0 fully saturated rings. The summed E-state index contributed by atoms with van der Waals surface area (Å²) in [6, 6.07) is -1.93. The van der Waals surface area contributed by atoms with Crippen molar-refractivity contribution in [3.8, 4) is 0 Å². The van der Waals surface area contributed by atoms with E-state index < -0.39 is 28.4 Å². The molecule has 1 atom stereocenters. The molecule has 13 heteroatoms. The molecule has 0 saturated carbocycles. The first-order valence-corrected chi connectivity index (χ1v) is 8.76. The summed E-state index contributed by atoms with van der Waals surface area (Å²) in [5.41, 5.74) is 4.35. The number of aromatic nitrogens is 2. The zero-order chi connectivity index (χ0) is 18.9. The minimum Gasteiger partial charge on any atom is -0.351 e. The maximum atomic E-state index is 12.3. The van der Waals surface area contributed by atoms with Gasteiger partial charge in [0.25, 0.3) is 5.91 Å². The van der Waals surface area contributed by atoms with E-state index in [0.29, 0.717) is 18.5 Å². The van der Waals surface area contributed by atoms with Gasteiger partial charge in [-0.1, -0.05) is 13.3 Å². The summed E-state index contributed by atoms with van der Waals surface area (Å²) in [4.78, 5) is 37.0. The van der Waals surface area contributed by atoms with Gasteiger partial charge >= 0.3 is 16.4 Å². The van der Waals surface area contributed by atoms with Crippen molar-refractivity contribution in [2.75, 3.05) is 6.54 Å². The van der Waals surface area contributed by atoms with Crippen LogP contribution in [0.4, 0.5) is 4.79 Å². The van der Waals surface area contributed by atoms with Crippen molar-refractivity contribution in [1.82, 2.24) is 25.8 Å². The Balaban J connectivity index is 2.65. The van der Waals surface area contributed by atoms with Gasteiger partial charge in [0, 0.05) is 12.7 Å². The molecule has 1 aromatic rings. The van der Waals surface area contributed by atoms with Crippen LogP contribution < -0.4 is 11.0 Å². The zero-order valence-electron chi connectivity index (χ0n) is 13.8. The lowest BCUT2D eigenvalue weighted by Gasteiger charge is -2.28. The molecule has 4 N–H and O–H groups in total. The van der Waals surface area contributed by atoms with Crippen molar-refractivity contribution < 1.29 is 31.7 Å². The number of hydrogen-bond acceptors (Lipinski definition) is 7. The predicted octanol–water partition coefficient (Wildman–Crippen LogP) is -0.108. The molecule has 0 bridgehead atoms. The largest absolute Gasteiger partial charge is 0.418 e. The maximum absolute atomic E-state index is 12.3. The number of hydrogen-bond donors (Lipinski definition) is 4. The molecule has 0 aliphatic carbocycles. The molecule has 25 heavy (non-hydrogen) atoms. The minimum absolute atomic E-state index is 0.0261. The smallest absolute Gasteiger partial charge is 0.351 e. The van der Waals surface area contributed by atoms with Crippen molar-refractivity contribution in [2.45, 2.75) is 39.3 Å². The van der Waals surface area contributed by atoms with Crippen LogP contribution in [0.1, 0.15) is 32.4 Å². The number of carbonyl (C=O) groups excluding carboxylic acids is 2. The number of nitrogens with zero attached hydrogens (tertiary/aromatic N) is 2. The number of rotatable bonds is 10. The van der Waals surface area contributed by atoms with E-state index in [4.69, 9.17) is 9.39 Å². The fourth-order valence-electron chi connectivity index (χ4n) is 1.97. The highest BCUT2D eigenvalue weighted by Crippen LogP contribution is 2.09. The van der Waals surface area contributed by atoms with E-state index >= 15 is 0 Å². The third-order valence-electron chi connectivity index (χ3n) is 3.02. The molecule has 1 heterocycles. The molecule has 1 aromatic heterocycles. The number of likely N-dealkylation sites (N-methyl/N-ethyl adjacent to an activating group) is 1. The molecule has 12 nitrogen and oxygen atoms in total. The minimum atomic E-state index is -4.85. The number of imidazole rings is 1. The van der Waals surface area contributed by atoms with E-state index in [1.54, 1.807) is 18.6 Å². The van der Waals surface area contributed by atoms with Crippen LogP contribution in [-0.4, -0.2) is 52.4 Å². The van der Waals surface area contributed by atoms with Gasteiger partial charge in [0.15, 0.2) is 0 Å². The third kappa shape index (κ3) is 7.47. The highest BCUT2D eigenvalue weighted by atomic mass is 32.3. The number of carbonyl (C=O) groups is 2. The Bertz CT molecular complexity index is 649. The standard InChI is InChI=1S/C12H21N5O7S/c1-3-5-10(11(18)15-23-7-9-6-13-8-14-9)17(4-2)12(19)16-24-25(20,21)22/h6,8,10H,3-5,7H2,1-2H3,(H,13,14)(H,15,18)(H,16,19)(H,20,21,22)/t10-/m0/s1. The van der Waals surface area contributed by atoms with Gasteiger partial charge in [-0.15, -0.1) is 4.28 Å². The molecule has 0 aromatic carbocycles. The van der Waals surface area contributed by atoms with Crippen LogP contribution in [-0.2, 0) is 30.9 Å². The molecule has 0 aliphatic rings. The fraction of sp³-hybridized carbons (Fsp3) is 0.583. The van der Waals surface area contributed by atoms with Crippen LogP contribution in [0.25, 0.3) is 0 Å². The highest BCUT2D eigenvalue weighted by molar-refractivity contribution is 7.80. The molecular formula is C12H21N5O7S. The number of amides is 3. The predicted molar refractivity (Wildman–Crippen MR) is 83.8 cm³/mol. The summed E-state index contributed by atoms with van der Waals surface area (Å²) in [5, 5.41) is 0. The lowest BCUT2D eigenvalue weighted by molar-refractivity contribution is -0.139. The van der Waals surface area contributed by atoms with Gasteiger partial charge in [-0.2, -0.15) is 13.9 Å². The van der Waals surface area contributed by atoms with Crippen LogP contribution in [0, 0.1) is 0 Å². The molecule has 3 amide bonds. The highest BCUT2D eigenvalue weighted by Gasteiger charge is 2.29. The van der Waals surface area contributed by atoms with E-state index in [0.717, 1.165) is 4.90 Å². The summed E-state index contributed by atoms with van der Waals surface area (Å²) in [7, 11) is -4.85. The van der Waals surface area contributed by atoms with Crippen LogP contribution in [0.15, 0.2) is 12.5 Å². The van der Waals surface area contributed by atoms with Crippen molar-refractivity contribution in [2.24, 2.45) is 0 Å². The molecular weight excluding hydrogens is 358 g/mol. The topological polar surface area (TPSA) is 163 Å². The number of urea groups is 1. The Kier molecular flexibility index (Phi) is 8.27. The average molecular weight is 379 g/mol. The zero-order valence-corrected chi connectivity index (χ0v) is 14.6. The second kappa shape index (κ2) is 9.93. The van der Waals surface area contributed by atoms with Crippen LogP contribution >= 0.6 is 0 Å². The molecule has 0 aliphatic heterocycles. The Hall–Kier alpha value is -2.22. The third-order valence-corrected chi connectivity index (χ3v) is 3.32. The quantitative estimate of drug-likeness (QED) is 0.323. The number of aromatic amines is 1. The Morgan fingerprint density at radius 3 is 2.64 bits per heavy atom. The SMILES string of the molecule is CCC[C@@H](C(=O)NOCc1c[nH]cn1)N(CC)C(=O)NOS(=O)(=O)O. The monoisotopic (exact) mass is 379 g/mol. The Morgan fingerprint density at radius 2 is 2.12 bits per heavy atom. The maximum Gasteiger partial charge on any atom is 0.418 e. The molecule has 1 rings (SSSR count). The normalized spacial score (nSPS) is 12.4. The molecule has 0 saturated heterocycles. The van der Waals surface area contributed by atoms with Crippen LogP contribution in [0.3, 0.4) is 0 Å². The van der Waals surface area contributed by atoms with Crippen LogP contribution in [0.5, 0.6) is 0 Å². The van der Waals surface area contributed by atoms with Gasteiger partial charge in [-0.25, -0.2) is 15.3 Å². The first-order chi connectivity index (χ1) is 11.8. The van der Waals surface area contributed by atoms with Gasteiger partial charge < -0.3 is 9.88 Å². The lowest BCUT2D eigenvalue weighted by Crippen LogP contribution is -2.52. The van der Waals surface area contributed by atoms with E-state index in [2.05, 4.69) is 19.7 Å². The van der Waals surface area contributed by atoms with Crippen molar-refractivity contribution >= 4 is 22.3 Å². The van der Waals surface area contributed by atoms with Crippen LogP contribution in [0.2, 0.25) is 0 Å². The number of H-pyrrole nitrogens is 1. The first-order valence-electron chi connectivity index (χ1n) is 7.40. The van der Waals surface area contributed by atoms with Gasteiger partial charge in [-0.05, 0) is 13.3 Å². The Morgan fingerprint density at radius 1 is 1.40 bits per heavy atom. The van der Waals surface area contributed by atoms with Gasteiger partial charge in [0.1, 0.15) is 12.6 Å². The van der Waals surface area contributed by atoms with Crippen molar-refractivity contribution in [3.05, 3.63) is 18.2 Å². The average Bonchev–Trinajstić information content (AvgIpc) is 3.05. The second-order valence-electron chi connectivity index (χ2n) is 4.82. The fourth-order valence-corrected chi connectivity index (χ4v) is 2.15. The van der Waals surface area contributed by atoms with Gasteiger partial charge in [0.05, 0.1) is 12.0 Å². The summed E-state index contributed by atoms with van der Waals surface area (Å²) in [6.07, 6.45) is 3.91. The molecule has 0 radical (unpaired) electrons. The summed E-state index contributed by atoms with van der Waals surface area (Å²) < 4.78 is 33.4. The summed E-state index contributed by atoms with van der Waals surface area (Å²) >= 11 is 0. The van der Waals surface area contributed by atoms with Gasteiger partial charge in [0.2, 0.25) is 0 Å². The lowest BCUT2D eigenvalue weighted by atomic mass is 10.1. The first kappa shape index (κ1) is 20.8. The second-order valence-corrected chi connectivity index (χ2v) is 5.85. The number of nitrogens with one attached hydrogen (secondary N) is 3. The van der Waals surface area contributed by atoms with E-state index in [1.807, 2.05) is 6.92 Å². The molecule has 0 unspecified atom stereocenters. The van der Waals surface area contributed by atoms with Crippen molar-refractivity contribution in [3.63, 3.8) is 0 Å². The molecule has 0 spiro atoms. The van der Waals surface area contributed by atoms with E-state index in [1.165, 1.54) is 6.33 Å². The van der Waals surface area contributed by atoms with Crippen molar-refractivity contribution in [1.29, 1.82) is 0 Å². The van der Waals surface area contributed by atoms with Gasteiger partial charge in [-0.3, -0.25) is 14.2 Å². The summed E-state index contributed by atoms with van der Waals surface area (Å²) in [6.45, 7) is 3.51. The van der Waals surface area contributed by atoms with E-state index in [9.17, 15) is 18.0 Å². The Labute approximate surface area is 144 Å². The number of hydroxylamine groups is 2. The summed E-state index contributed by atoms with van der Waals surface area (Å²) in [5.74, 6) is -0.596.